The number of nitrogens with two attached hydrogens (primary N) is 1. The van der Waals surface area contributed by atoms with Crippen LogP contribution in [0.25, 0.3) is 0 Å². The molecule has 0 bridgehead atoms. The van der Waals surface area contributed by atoms with Crippen molar-refractivity contribution in [3.63, 3.8) is 0 Å². The molecule has 0 saturated heterocycles. The zero-order chi connectivity index (χ0) is 9.52. The van der Waals surface area contributed by atoms with Crippen molar-refractivity contribution in [1.82, 2.24) is 0 Å². The van der Waals surface area contributed by atoms with Crippen molar-refractivity contribution in [3.8, 4) is 0 Å². The Kier molecular flexibility index (Phi) is 5.45. The summed E-state index contributed by atoms with van der Waals surface area (Å²) < 4.78 is 0. The summed E-state index contributed by atoms with van der Waals surface area (Å²) in [4.78, 5) is 0. The summed E-state index contributed by atoms with van der Waals surface area (Å²) in [5, 5.41) is 0. The molecule has 1 aliphatic carbocycles. The van der Waals surface area contributed by atoms with Crippen LogP contribution in [0.2, 0.25) is 0 Å². The van der Waals surface area contributed by atoms with Crippen LogP contribution < -0.4 is 5.73 Å². The monoisotopic (exact) mass is 183 g/mol. The van der Waals surface area contributed by atoms with Crippen LogP contribution in [0.15, 0.2) is 0 Å². The second-order valence-corrected chi connectivity index (χ2v) is 4.79. The largest absolute Gasteiger partial charge is 0.328 e. The maximum absolute atomic E-state index is 6.04. The molecule has 1 aliphatic rings. The molecule has 0 aromatic rings. The highest BCUT2D eigenvalue weighted by molar-refractivity contribution is 4.65. The number of hydrogen-bond acceptors (Lipinski definition) is 1. The molecule has 1 nitrogen and oxygen atoms in total. The molecule has 1 fully saturated rings. The molecule has 78 valence electrons. The van der Waals surface area contributed by atoms with Gasteiger partial charge in [-0.05, 0) is 25.2 Å². The van der Waals surface area contributed by atoms with Crippen molar-refractivity contribution in [2.45, 2.75) is 70.8 Å². The lowest BCUT2D eigenvalue weighted by Gasteiger charge is -2.13. The fourth-order valence-electron chi connectivity index (χ4n) is 2.22. The minimum absolute atomic E-state index is 0.487. The summed E-state index contributed by atoms with van der Waals surface area (Å²) in [5.41, 5.74) is 6.04. The predicted molar refractivity (Wildman–Crippen MR) is 58.7 cm³/mol. The minimum atomic E-state index is 0.487. The predicted octanol–water partition coefficient (Wildman–Crippen LogP) is 3.47. The standard InChI is InChI=1S/C12H25N/c1-11-7-5-3-2-4-6-8-12(13)10-9-11/h11-12H,2-10,13H2,1H3/t11?,12-/m0/s1. The van der Waals surface area contributed by atoms with Crippen LogP contribution in [-0.4, -0.2) is 6.04 Å². The first-order valence-corrected chi connectivity index (χ1v) is 6.04. The molecule has 13 heavy (non-hydrogen) atoms. The lowest BCUT2D eigenvalue weighted by Crippen LogP contribution is -2.20. The van der Waals surface area contributed by atoms with Crippen LogP contribution >= 0.6 is 0 Å². The van der Waals surface area contributed by atoms with Gasteiger partial charge in [-0.2, -0.15) is 0 Å². The molecule has 0 aromatic heterocycles. The molecule has 0 amide bonds. The third-order valence-electron chi connectivity index (χ3n) is 3.30. The topological polar surface area (TPSA) is 26.0 Å². The first-order valence-electron chi connectivity index (χ1n) is 6.04. The minimum Gasteiger partial charge on any atom is -0.328 e. The smallest absolute Gasteiger partial charge is 0.00389 e. The normalized spacial score (nSPS) is 33.7. The van der Waals surface area contributed by atoms with E-state index in [0.29, 0.717) is 6.04 Å². The molecule has 0 spiro atoms. The van der Waals surface area contributed by atoms with E-state index < -0.39 is 0 Å². The van der Waals surface area contributed by atoms with E-state index >= 15 is 0 Å². The fourth-order valence-corrected chi connectivity index (χ4v) is 2.22. The lowest BCUT2D eigenvalue weighted by atomic mass is 9.96. The highest BCUT2D eigenvalue weighted by Gasteiger charge is 2.08. The van der Waals surface area contributed by atoms with E-state index in [9.17, 15) is 0 Å². The molecule has 2 atom stereocenters. The van der Waals surface area contributed by atoms with Gasteiger partial charge in [-0.25, -0.2) is 0 Å². The Bertz CT molecular complexity index is 108. The van der Waals surface area contributed by atoms with Crippen LogP contribution in [0.4, 0.5) is 0 Å². The van der Waals surface area contributed by atoms with Crippen LogP contribution in [0.1, 0.15) is 64.7 Å². The van der Waals surface area contributed by atoms with Gasteiger partial charge in [-0.15, -0.1) is 0 Å². The van der Waals surface area contributed by atoms with Gasteiger partial charge in [-0.3, -0.25) is 0 Å². The summed E-state index contributed by atoms with van der Waals surface area (Å²) in [5.74, 6) is 0.907. The summed E-state index contributed by atoms with van der Waals surface area (Å²) in [6, 6.07) is 0.487. The SMILES string of the molecule is CC1CCCCCCC[C@H](N)CC1. The van der Waals surface area contributed by atoms with Gasteiger partial charge >= 0.3 is 0 Å². The van der Waals surface area contributed by atoms with Crippen molar-refractivity contribution in [1.29, 1.82) is 0 Å². The van der Waals surface area contributed by atoms with Crippen LogP contribution in [-0.2, 0) is 0 Å². The molecular formula is C12H25N. The van der Waals surface area contributed by atoms with Crippen molar-refractivity contribution < 1.29 is 0 Å². The van der Waals surface area contributed by atoms with E-state index in [1.54, 1.807) is 0 Å². The molecule has 1 unspecified atom stereocenters. The van der Waals surface area contributed by atoms with E-state index in [2.05, 4.69) is 6.92 Å². The highest BCUT2D eigenvalue weighted by Crippen LogP contribution is 2.19. The Morgan fingerprint density at radius 3 is 2.15 bits per heavy atom. The van der Waals surface area contributed by atoms with Gasteiger partial charge in [0.15, 0.2) is 0 Å². The molecule has 2 N–H and O–H groups in total. The molecule has 0 aromatic carbocycles. The second kappa shape index (κ2) is 6.42. The van der Waals surface area contributed by atoms with Gasteiger partial charge in [-0.1, -0.05) is 45.4 Å². The second-order valence-electron chi connectivity index (χ2n) is 4.79. The van der Waals surface area contributed by atoms with E-state index in [-0.39, 0.29) is 0 Å². The number of hydrogen-bond donors (Lipinski definition) is 1. The Labute approximate surface area is 83.1 Å². The molecule has 0 heterocycles. The van der Waals surface area contributed by atoms with E-state index in [4.69, 9.17) is 5.73 Å². The van der Waals surface area contributed by atoms with Gasteiger partial charge in [0.1, 0.15) is 0 Å². The Morgan fingerprint density at radius 2 is 1.38 bits per heavy atom. The average molecular weight is 183 g/mol. The van der Waals surface area contributed by atoms with E-state index in [0.717, 1.165) is 5.92 Å². The van der Waals surface area contributed by atoms with Gasteiger partial charge in [0.05, 0.1) is 0 Å². The van der Waals surface area contributed by atoms with E-state index in [1.165, 1.54) is 57.8 Å². The zero-order valence-electron chi connectivity index (χ0n) is 9.10. The molecular weight excluding hydrogens is 158 g/mol. The quantitative estimate of drug-likeness (QED) is 0.611. The maximum Gasteiger partial charge on any atom is 0.00389 e. The fraction of sp³-hybridized carbons (Fsp3) is 1.00. The average Bonchev–Trinajstić information content (AvgIpc) is 2.15. The van der Waals surface area contributed by atoms with Crippen molar-refractivity contribution in [3.05, 3.63) is 0 Å². The summed E-state index contributed by atoms with van der Waals surface area (Å²) in [6.45, 7) is 2.38. The highest BCUT2D eigenvalue weighted by atomic mass is 14.6. The van der Waals surface area contributed by atoms with Gasteiger partial charge < -0.3 is 5.73 Å². The number of rotatable bonds is 0. The van der Waals surface area contributed by atoms with Crippen LogP contribution in [0.3, 0.4) is 0 Å². The lowest BCUT2D eigenvalue weighted by molar-refractivity contribution is 0.426. The van der Waals surface area contributed by atoms with Crippen molar-refractivity contribution in [2.24, 2.45) is 11.7 Å². The molecule has 0 radical (unpaired) electrons. The summed E-state index contributed by atoms with van der Waals surface area (Å²) in [7, 11) is 0. The molecule has 1 rings (SSSR count). The Balaban J connectivity index is 2.24. The molecule has 0 aliphatic heterocycles. The summed E-state index contributed by atoms with van der Waals surface area (Å²) >= 11 is 0. The Morgan fingerprint density at radius 1 is 0.769 bits per heavy atom. The zero-order valence-corrected chi connectivity index (χ0v) is 9.10. The molecule has 1 heteroatoms. The maximum atomic E-state index is 6.04. The first-order chi connectivity index (χ1) is 6.29. The Hall–Kier alpha value is -0.0400. The van der Waals surface area contributed by atoms with Gasteiger partial charge in [0, 0.05) is 6.04 Å². The van der Waals surface area contributed by atoms with Crippen molar-refractivity contribution in [2.75, 3.05) is 0 Å². The third-order valence-corrected chi connectivity index (χ3v) is 3.30. The van der Waals surface area contributed by atoms with Gasteiger partial charge in [0.2, 0.25) is 0 Å². The van der Waals surface area contributed by atoms with Crippen LogP contribution in [0, 0.1) is 5.92 Å². The summed E-state index contributed by atoms with van der Waals surface area (Å²) in [6.07, 6.45) is 12.4. The van der Waals surface area contributed by atoms with Crippen LogP contribution in [0.5, 0.6) is 0 Å². The van der Waals surface area contributed by atoms with Crippen molar-refractivity contribution >= 4 is 0 Å². The first kappa shape index (κ1) is 11.0. The van der Waals surface area contributed by atoms with E-state index in [1.807, 2.05) is 0 Å². The third kappa shape index (κ3) is 5.30. The van der Waals surface area contributed by atoms with Gasteiger partial charge in [0.25, 0.3) is 0 Å². The molecule has 1 saturated carbocycles.